The summed E-state index contributed by atoms with van der Waals surface area (Å²) in [4.78, 5) is 11.4. The first-order valence-corrected chi connectivity index (χ1v) is 4.42. The molecule has 0 spiro atoms. The average molecular weight is 187 g/mol. The van der Waals surface area contributed by atoms with E-state index in [1.54, 1.807) is 0 Å². The van der Waals surface area contributed by atoms with Crippen LogP contribution in [0, 0.1) is 5.92 Å². The highest BCUT2D eigenvalue weighted by Gasteiger charge is 2.20. The van der Waals surface area contributed by atoms with Crippen molar-refractivity contribution < 1.29 is 10.0 Å². The molecule has 5 heteroatoms. The Morgan fingerprint density at radius 1 is 1.62 bits per heavy atom. The first-order chi connectivity index (χ1) is 6.17. The van der Waals surface area contributed by atoms with E-state index in [1.165, 1.54) is 0 Å². The zero-order valence-corrected chi connectivity index (χ0v) is 8.08. The third-order valence-corrected chi connectivity index (χ3v) is 1.75. The second-order valence-corrected chi connectivity index (χ2v) is 2.78. The highest BCUT2D eigenvalue weighted by atomic mass is 16.4. The molecule has 5 nitrogen and oxygen atoms in total. The van der Waals surface area contributed by atoms with Crippen LogP contribution in [0.2, 0.25) is 0 Å². The second-order valence-electron chi connectivity index (χ2n) is 2.78. The minimum atomic E-state index is -0.517. The van der Waals surface area contributed by atoms with Crippen molar-refractivity contribution >= 4 is 11.7 Å². The molecule has 1 unspecified atom stereocenters. The fourth-order valence-electron chi connectivity index (χ4n) is 0.970. The van der Waals surface area contributed by atoms with Crippen molar-refractivity contribution in [3.63, 3.8) is 0 Å². The lowest BCUT2D eigenvalue weighted by Gasteiger charge is -2.12. The smallest absolute Gasteiger partial charge is 0.230 e. The van der Waals surface area contributed by atoms with Crippen molar-refractivity contribution in [3.8, 4) is 0 Å². The molecule has 1 atom stereocenters. The molecule has 0 heterocycles. The molecular weight excluding hydrogens is 170 g/mol. The minimum absolute atomic E-state index is 0.0314. The quantitative estimate of drug-likeness (QED) is 0.250. The highest BCUT2D eigenvalue weighted by Crippen LogP contribution is 2.02. The first-order valence-electron chi connectivity index (χ1n) is 4.42. The molecule has 0 saturated heterocycles. The summed E-state index contributed by atoms with van der Waals surface area (Å²) in [7, 11) is 0. The summed E-state index contributed by atoms with van der Waals surface area (Å²) in [5.74, 6) is -0.729. The lowest BCUT2D eigenvalue weighted by atomic mass is 10.0. The fraction of sp³-hybridized carbons (Fsp3) is 0.750. The number of carbonyl (C=O) groups is 1. The molecule has 0 aliphatic rings. The Labute approximate surface area is 78.0 Å². The van der Waals surface area contributed by atoms with Gasteiger partial charge in [0.15, 0.2) is 5.84 Å². The number of nitrogens with one attached hydrogen (secondary N) is 1. The molecule has 0 fully saturated rings. The van der Waals surface area contributed by atoms with E-state index in [0.29, 0.717) is 13.0 Å². The molecule has 0 aromatic carbocycles. The van der Waals surface area contributed by atoms with Crippen LogP contribution >= 0.6 is 0 Å². The molecule has 0 bridgehead atoms. The molecule has 0 aromatic rings. The normalized spacial score (nSPS) is 13.8. The molecule has 1 amide bonds. The third kappa shape index (κ3) is 3.78. The topological polar surface area (TPSA) is 87.7 Å². The van der Waals surface area contributed by atoms with Gasteiger partial charge in [-0.05, 0) is 12.8 Å². The number of nitrogens with zero attached hydrogens (tertiary/aromatic N) is 1. The second kappa shape index (κ2) is 6.28. The van der Waals surface area contributed by atoms with Crippen LogP contribution in [0.1, 0.15) is 26.7 Å². The summed E-state index contributed by atoms with van der Waals surface area (Å²) in [6.07, 6.45) is 1.41. The van der Waals surface area contributed by atoms with Gasteiger partial charge in [0.25, 0.3) is 0 Å². The average Bonchev–Trinajstić information content (AvgIpc) is 2.15. The molecule has 0 saturated carbocycles. The number of amidine groups is 1. The van der Waals surface area contributed by atoms with E-state index in [9.17, 15) is 4.79 Å². The number of hydrogen-bond acceptors (Lipinski definition) is 3. The predicted molar refractivity (Wildman–Crippen MR) is 50.5 cm³/mol. The van der Waals surface area contributed by atoms with Crippen LogP contribution in [0.5, 0.6) is 0 Å². The van der Waals surface area contributed by atoms with Crippen LogP contribution < -0.4 is 11.1 Å². The van der Waals surface area contributed by atoms with Gasteiger partial charge in [-0.15, -0.1) is 0 Å². The van der Waals surface area contributed by atoms with Gasteiger partial charge in [0.1, 0.15) is 0 Å². The number of hydrogen-bond donors (Lipinski definition) is 3. The van der Waals surface area contributed by atoms with E-state index in [1.807, 2.05) is 13.8 Å². The van der Waals surface area contributed by atoms with Gasteiger partial charge >= 0.3 is 0 Å². The van der Waals surface area contributed by atoms with Gasteiger partial charge in [0, 0.05) is 6.54 Å². The van der Waals surface area contributed by atoms with E-state index >= 15 is 0 Å². The zero-order valence-electron chi connectivity index (χ0n) is 8.08. The Kier molecular flexibility index (Phi) is 5.67. The van der Waals surface area contributed by atoms with E-state index in [2.05, 4.69) is 10.5 Å². The number of carbonyl (C=O) groups excluding carboxylic acids is 1. The summed E-state index contributed by atoms with van der Waals surface area (Å²) in [6, 6.07) is 0. The van der Waals surface area contributed by atoms with Crippen molar-refractivity contribution in [2.24, 2.45) is 16.8 Å². The van der Waals surface area contributed by atoms with Crippen molar-refractivity contribution in [3.05, 3.63) is 0 Å². The molecule has 0 rings (SSSR count). The van der Waals surface area contributed by atoms with Crippen LogP contribution in [0.25, 0.3) is 0 Å². The van der Waals surface area contributed by atoms with E-state index < -0.39 is 5.92 Å². The molecule has 0 radical (unpaired) electrons. The Balaban J connectivity index is 4.15. The zero-order chi connectivity index (χ0) is 10.3. The van der Waals surface area contributed by atoms with Gasteiger partial charge in [-0.1, -0.05) is 19.0 Å². The molecule has 0 aliphatic heterocycles. The number of oxime groups is 1. The molecular formula is C8H17N3O2. The van der Waals surface area contributed by atoms with Crippen molar-refractivity contribution in [2.45, 2.75) is 26.7 Å². The standard InChI is InChI=1S/C8H17N3O2/c1-3-5-10-8(12)6(4-2)7(9)11-13/h6,13H,3-5H2,1-2H3,(H2,9,11)(H,10,12). The number of nitrogens with two attached hydrogens (primary N) is 1. The maximum absolute atomic E-state index is 11.4. The largest absolute Gasteiger partial charge is 0.409 e. The highest BCUT2D eigenvalue weighted by molar-refractivity contribution is 6.01. The van der Waals surface area contributed by atoms with Crippen LogP contribution in [-0.2, 0) is 4.79 Å². The summed E-state index contributed by atoms with van der Waals surface area (Å²) in [6.45, 7) is 4.40. The number of rotatable bonds is 5. The lowest BCUT2D eigenvalue weighted by Crippen LogP contribution is -2.38. The monoisotopic (exact) mass is 187 g/mol. The first kappa shape index (κ1) is 11.7. The van der Waals surface area contributed by atoms with Gasteiger partial charge in [0.2, 0.25) is 5.91 Å². The lowest BCUT2D eigenvalue weighted by molar-refractivity contribution is -0.123. The van der Waals surface area contributed by atoms with Gasteiger partial charge in [0.05, 0.1) is 5.92 Å². The summed E-state index contributed by atoms with van der Waals surface area (Å²) in [5, 5.41) is 13.9. The van der Waals surface area contributed by atoms with Crippen molar-refractivity contribution in [1.29, 1.82) is 0 Å². The summed E-state index contributed by atoms with van der Waals surface area (Å²) < 4.78 is 0. The van der Waals surface area contributed by atoms with E-state index in [4.69, 9.17) is 10.9 Å². The van der Waals surface area contributed by atoms with Gasteiger partial charge in [-0.2, -0.15) is 0 Å². The Hall–Kier alpha value is -1.26. The Morgan fingerprint density at radius 2 is 2.23 bits per heavy atom. The molecule has 13 heavy (non-hydrogen) atoms. The van der Waals surface area contributed by atoms with Crippen LogP contribution in [0.4, 0.5) is 0 Å². The summed E-state index contributed by atoms with van der Waals surface area (Å²) >= 11 is 0. The Morgan fingerprint density at radius 3 is 2.62 bits per heavy atom. The van der Waals surface area contributed by atoms with Crippen LogP contribution in [0.15, 0.2) is 5.16 Å². The Bertz CT molecular complexity index is 192. The molecule has 0 aromatic heterocycles. The maximum Gasteiger partial charge on any atom is 0.230 e. The minimum Gasteiger partial charge on any atom is -0.409 e. The predicted octanol–water partition coefficient (Wildman–Crippen LogP) is 0.285. The van der Waals surface area contributed by atoms with Gasteiger partial charge in [-0.3, -0.25) is 4.79 Å². The summed E-state index contributed by atoms with van der Waals surface area (Å²) in [5.41, 5.74) is 5.34. The molecule has 0 aliphatic carbocycles. The number of amides is 1. The van der Waals surface area contributed by atoms with Crippen LogP contribution in [-0.4, -0.2) is 23.5 Å². The third-order valence-electron chi connectivity index (χ3n) is 1.75. The van der Waals surface area contributed by atoms with Gasteiger partial charge in [-0.25, -0.2) is 0 Å². The molecule has 4 N–H and O–H groups in total. The van der Waals surface area contributed by atoms with Crippen molar-refractivity contribution in [1.82, 2.24) is 5.32 Å². The van der Waals surface area contributed by atoms with E-state index in [0.717, 1.165) is 6.42 Å². The van der Waals surface area contributed by atoms with Crippen LogP contribution in [0.3, 0.4) is 0 Å². The van der Waals surface area contributed by atoms with E-state index in [-0.39, 0.29) is 11.7 Å². The van der Waals surface area contributed by atoms with Gasteiger partial charge < -0.3 is 16.3 Å². The molecule has 76 valence electrons. The SMILES string of the molecule is CCCNC(=O)C(CC)C(N)=NO. The maximum atomic E-state index is 11.4. The van der Waals surface area contributed by atoms with Crippen molar-refractivity contribution in [2.75, 3.05) is 6.54 Å². The fourth-order valence-corrected chi connectivity index (χ4v) is 0.970.